The Morgan fingerprint density at radius 3 is 2.71 bits per heavy atom. The first-order chi connectivity index (χ1) is 13.4. The second kappa shape index (κ2) is 8.88. The number of rotatable bonds is 6. The lowest BCUT2D eigenvalue weighted by Gasteiger charge is -2.42. The van der Waals surface area contributed by atoms with Crippen LogP contribution < -0.4 is 11.1 Å². The number of nitrogens with one attached hydrogen (secondary N) is 1. The van der Waals surface area contributed by atoms with E-state index in [1.165, 1.54) is 12.8 Å². The van der Waals surface area contributed by atoms with Gasteiger partial charge in [0.15, 0.2) is 0 Å². The van der Waals surface area contributed by atoms with Crippen molar-refractivity contribution in [2.24, 2.45) is 10.7 Å². The van der Waals surface area contributed by atoms with E-state index in [1.807, 2.05) is 26.1 Å². The van der Waals surface area contributed by atoms with Crippen LogP contribution in [0.4, 0.5) is 0 Å². The molecule has 2 aliphatic heterocycles. The minimum atomic E-state index is -0.944. The molecular formula is C22H32N4O2. The fourth-order valence-corrected chi connectivity index (χ4v) is 4.34. The van der Waals surface area contributed by atoms with Gasteiger partial charge in [-0.15, -0.1) is 0 Å². The zero-order valence-electron chi connectivity index (χ0n) is 16.9. The molecule has 6 heteroatoms. The van der Waals surface area contributed by atoms with E-state index in [9.17, 15) is 9.90 Å². The smallest absolute Gasteiger partial charge is 0.335 e. The molecule has 0 atom stereocenters. The molecule has 0 aliphatic carbocycles. The number of carboxylic acids is 1. The van der Waals surface area contributed by atoms with E-state index in [2.05, 4.69) is 15.2 Å². The molecule has 2 heterocycles. The van der Waals surface area contributed by atoms with Gasteiger partial charge in [-0.1, -0.05) is 12.1 Å². The third-order valence-electron chi connectivity index (χ3n) is 5.93. The number of hydrogen-bond donors (Lipinski definition) is 3. The Morgan fingerprint density at radius 1 is 1.32 bits per heavy atom. The molecule has 0 saturated carbocycles. The number of piperidine rings is 1. The Morgan fingerprint density at radius 2 is 2.04 bits per heavy atom. The van der Waals surface area contributed by atoms with Gasteiger partial charge in [0, 0.05) is 35.6 Å². The molecule has 1 aromatic rings. The molecule has 4 N–H and O–H groups in total. The molecule has 0 amide bonds. The van der Waals surface area contributed by atoms with Gasteiger partial charge < -0.3 is 16.2 Å². The predicted molar refractivity (Wildman–Crippen MR) is 114 cm³/mol. The van der Waals surface area contributed by atoms with Crippen LogP contribution in [-0.4, -0.2) is 60.0 Å². The lowest BCUT2D eigenvalue weighted by Crippen LogP contribution is -2.51. The average molecular weight is 385 g/mol. The van der Waals surface area contributed by atoms with E-state index in [1.54, 1.807) is 18.2 Å². The normalized spacial score (nSPS) is 20.8. The minimum absolute atomic E-state index is 0.180. The fourth-order valence-electron chi connectivity index (χ4n) is 4.34. The summed E-state index contributed by atoms with van der Waals surface area (Å²) in [7, 11) is 0. The number of nitrogens with two attached hydrogens (primary N) is 1. The van der Waals surface area contributed by atoms with Gasteiger partial charge in [-0.3, -0.25) is 9.89 Å². The minimum Gasteiger partial charge on any atom is -0.478 e. The first-order valence-electron chi connectivity index (χ1n) is 10.2. The maximum atomic E-state index is 11.3. The van der Waals surface area contributed by atoms with Gasteiger partial charge in [0.2, 0.25) is 0 Å². The maximum absolute atomic E-state index is 11.3. The number of carbonyl (C=O) groups is 1. The summed E-state index contributed by atoms with van der Waals surface area (Å²) >= 11 is 0. The van der Waals surface area contributed by atoms with Crippen molar-refractivity contribution in [1.29, 1.82) is 0 Å². The number of likely N-dealkylation sites (tertiary alicyclic amines) is 1. The monoisotopic (exact) mass is 384 g/mol. The topological polar surface area (TPSA) is 91.0 Å². The van der Waals surface area contributed by atoms with Crippen LogP contribution in [0.2, 0.25) is 0 Å². The Bertz CT molecular complexity index is 764. The Kier molecular flexibility index (Phi) is 6.52. The van der Waals surface area contributed by atoms with Crippen LogP contribution in [0.3, 0.4) is 0 Å². The van der Waals surface area contributed by atoms with Crippen molar-refractivity contribution in [2.45, 2.75) is 51.1 Å². The van der Waals surface area contributed by atoms with Crippen LogP contribution >= 0.6 is 0 Å². The lowest BCUT2D eigenvalue weighted by molar-refractivity contribution is 0.0697. The van der Waals surface area contributed by atoms with Crippen LogP contribution in [-0.2, 0) is 0 Å². The highest BCUT2D eigenvalue weighted by atomic mass is 16.4. The zero-order chi connectivity index (χ0) is 20.1. The summed E-state index contributed by atoms with van der Waals surface area (Å²) in [6.45, 7) is 8.03. The van der Waals surface area contributed by atoms with Crippen LogP contribution in [0, 0.1) is 0 Å². The molecule has 0 bridgehead atoms. The molecule has 28 heavy (non-hydrogen) atoms. The van der Waals surface area contributed by atoms with E-state index in [0.717, 1.165) is 50.2 Å². The van der Waals surface area contributed by atoms with Crippen LogP contribution in [0.15, 0.2) is 34.8 Å². The molecule has 2 aliphatic rings. The Hall–Kier alpha value is -2.18. The molecule has 3 rings (SSSR count). The SMILES string of the molecule is CC(C)N=CC(CN1CCCC12CCNCC2)=C(N)c1cccc(C(=O)O)c1. The van der Waals surface area contributed by atoms with Gasteiger partial charge in [0.1, 0.15) is 0 Å². The average Bonchev–Trinajstić information content (AvgIpc) is 3.06. The zero-order valence-corrected chi connectivity index (χ0v) is 16.9. The fraction of sp³-hybridized carbons (Fsp3) is 0.545. The molecule has 1 aromatic carbocycles. The predicted octanol–water partition coefficient (Wildman–Crippen LogP) is 2.75. The van der Waals surface area contributed by atoms with Gasteiger partial charge in [-0.25, -0.2) is 4.79 Å². The summed E-state index contributed by atoms with van der Waals surface area (Å²) in [5, 5.41) is 12.8. The number of nitrogens with zero attached hydrogens (tertiary/aromatic N) is 2. The first-order valence-corrected chi connectivity index (χ1v) is 10.2. The third kappa shape index (κ3) is 4.62. The van der Waals surface area contributed by atoms with Gasteiger partial charge >= 0.3 is 5.97 Å². The Labute approximate surface area is 167 Å². The van der Waals surface area contributed by atoms with Gasteiger partial charge in [0.05, 0.1) is 5.56 Å². The van der Waals surface area contributed by atoms with Gasteiger partial charge in [0.25, 0.3) is 0 Å². The quantitative estimate of drug-likeness (QED) is 0.656. The van der Waals surface area contributed by atoms with Gasteiger partial charge in [-0.05, 0) is 76.9 Å². The third-order valence-corrected chi connectivity index (χ3v) is 5.93. The van der Waals surface area contributed by atoms with Crippen molar-refractivity contribution in [3.63, 3.8) is 0 Å². The Balaban J connectivity index is 1.93. The highest BCUT2D eigenvalue weighted by Gasteiger charge is 2.41. The van der Waals surface area contributed by atoms with Gasteiger partial charge in [-0.2, -0.15) is 0 Å². The largest absolute Gasteiger partial charge is 0.478 e. The standard InChI is InChI=1S/C22H32N4O2/c1-16(2)25-14-19(20(23)17-5-3-6-18(13-17)21(27)28)15-26-12-4-7-22(26)8-10-24-11-9-22/h3,5-6,13-14,16,24H,4,7-12,15,23H2,1-2H3,(H,27,28). The highest BCUT2D eigenvalue weighted by molar-refractivity contribution is 5.93. The number of aromatic carboxylic acids is 1. The van der Waals surface area contributed by atoms with E-state index in [0.29, 0.717) is 5.70 Å². The van der Waals surface area contributed by atoms with Crippen molar-refractivity contribution in [3.8, 4) is 0 Å². The highest BCUT2D eigenvalue weighted by Crippen LogP contribution is 2.37. The number of hydrogen-bond acceptors (Lipinski definition) is 5. The molecule has 2 saturated heterocycles. The second-order valence-electron chi connectivity index (χ2n) is 8.20. The summed E-state index contributed by atoms with van der Waals surface area (Å²) in [6.07, 6.45) is 6.66. The van der Waals surface area contributed by atoms with E-state index >= 15 is 0 Å². The molecule has 0 radical (unpaired) electrons. The van der Waals surface area contributed by atoms with Crippen molar-refractivity contribution in [1.82, 2.24) is 10.2 Å². The maximum Gasteiger partial charge on any atom is 0.335 e. The molecular weight excluding hydrogens is 352 g/mol. The number of aliphatic imine (C=N–C) groups is 1. The van der Waals surface area contributed by atoms with Crippen molar-refractivity contribution >= 4 is 17.9 Å². The van der Waals surface area contributed by atoms with Crippen LogP contribution in [0.5, 0.6) is 0 Å². The molecule has 0 unspecified atom stereocenters. The lowest BCUT2D eigenvalue weighted by atomic mass is 9.85. The number of benzene rings is 1. The second-order valence-corrected chi connectivity index (χ2v) is 8.20. The van der Waals surface area contributed by atoms with Crippen LogP contribution in [0.25, 0.3) is 5.70 Å². The summed E-state index contributed by atoms with van der Waals surface area (Å²) in [6, 6.07) is 7.03. The molecule has 0 aromatic heterocycles. The van der Waals surface area contributed by atoms with Crippen molar-refractivity contribution in [2.75, 3.05) is 26.2 Å². The molecule has 152 valence electrons. The van der Waals surface area contributed by atoms with E-state index < -0.39 is 5.97 Å². The van der Waals surface area contributed by atoms with Crippen molar-refractivity contribution < 1.29 is 9.90 Å². The first kappa shape index (κ1) is 20.6. The molecule has 2 fully saturated rings. The summed E-state index contributed by atoms with van der Waals surface area (Å²) in [5.74, 6) is -0.944. The molecule has 6 nitrogen and oxygen atoms in total. The number of carboxylic acid groups (broad SMARTS) is 1. The van der Waals surface area contributed by atoms with Crippen LogP contribution in [0.1, 0.15) is 55.5 Å². The van der Waals surface area contributed by atoms with Crippen molar-refractivity contribution in [3.05, 3.63) is 41.0 Å². The molecule has 1 spiro atoms. The summed E-state index contributed by atoms with van der Waals surface area (Å²) in [5.41, 5.74) is 9.37. The van der Waals surface area contributed by atoms with E-state index in [4.69, 9.17) is 5.73 Å². The summed E-state index contributed by atoms with van der Waals surface area (Å²) < 4.78 is 0. The van der Waals surface area contributed by atoms with E-state index in [-0.39, 0.29) is 17.1 Å². The summed E-state index contributed by atoms with van der Waals surface area (Å²) in [4.78, 5) is 18.5.